The Morgan fingerprint density at radius 3 is 2.29 bits per heavy atom. The second kappa shape index (κ2) is 12.3. The lowest BCUT2D eigenvalue weighted by molar-refractivity contribution is -0.271. The maximum atomic E-state index is 13.2. The van der Waals surface area contributed by atoms with Crippen LogP contribution in [0, 0.1) is 0 Å². The first-order chi connectivity index (χ1) is 19.5. The van der Waals surface area contributed by atoms with Gasteiger partial charge in [-0.15, -0.1) is 0 Å². The molecule has 0 bridgehead atoms. The molecular weight excluding hydrogens is 548 g/mol. The van der Waals surface area contributed by atoms with Gasteiger partial charge in [0.05, 0.1) is 5.39 Å². The van der Waals surface area contributed by atoms with E-state index in [0.717, 1.165) is 6.07 Å². The number of fused-ring (bicyclic) bond motifs is 1. The third-order valence-electron chi connectivity index (χ3n) is 6.27. The average molecular weight is 574 g/mol. The number of ether oxygens (including phenoxy) is 3. The zero-order chi connectivity index (χ0) is 29.8. The summed E-state index contributed by atoms with van der Waals surface area (Å²) < 4.78 is 21.6. The van der Waals surface area contributed by atoms with Crippen molar-refractivity contribution in [2.24, 2.45) is 0 Å². The molecule has 4 rings (SSSR count). The summed E-state index contributed by atoms with van der Waals surface area (Å²) in [5, 5.41) is 58.7. The molecule has 3 aromatic rings. The van der Waals surface area contributed by atoms with E-state index in [0.29, 0.717) is 0 Å². The van der Waals surface area contributed by atoms with Crippen molar-refractivity contribution in [2.45, 2.75) is 56.4 Å². The number of aliphatic hydroxyl groups is 3. The molecule has 14 nitrogen and oxygen atoms in total. The summed E-state index contributed by atoms with van der Waals surface area (Å²) in [7, 11) is 0. The molecule has 1 saturated heterocycles. The number of carbonyl (C=O) groups excluding carboxylic acids is 1. The van der Waals surface area contributed by atoms with Crippen molar-refractivity contribution in [3.8, 4) is 28.6 Å². The summed E-state index contributed by atoms with van der Waals surface area (Å²) >= 11 is 0. The van der Waals surface area contributed by atoms with Crippen LogP contribution in [0.3, 0.4) is 0 Å². The topological polar surface area (TPSA) is 230 Å². The van der Waals surface area contributed by atoms with Crippen molar-refractivity contribution in [2.75, 3.05) is 0 Å². The quantitative estimate of drug-likeness (QED) is 0.146. The Bertz CT molecular complexity index is 1510. The molecule has 0 amide bonds. The first-order valence-electron chi connectivity index (χ1n) is 12.4. The number of aliphatic hydroxyl groups excluding tert-OH is 3. The third-order valence-corrected chi connectivity index (χ3v) is 6.27. The van der Waals surface area contributed by atoms with Crippen LogP contribution in [0.5, 0.6) is 17.2 Å². The molecule has 6 N–H and O–H groups in total. The monoisotopic (exact) mass is 574 g/mol. The van der Waals surface area contributed by atoms with E-state index in [1.54, 1.807) is 12.1 Å². The summed E-state index contributed by atoms with van der Waals surface area (Å²) in [6.07, 6.45) is -9.33. The van der Waals surface area contributed by atoms with E-state index in [9.17, 15) is 44.7 Å². The molecule has 14 heteroatoms. The van der Waals surface area contributed by atoms with Gasteiger partial charge in [0, 0.05) is 18.4 Å². The third kappa shape index (κ3) is 6.47. The molecule has 218 valence electrons. The van der Waals surface area contributed by atoms with Gasteiger partial charge in [-0.2, -0.15) is 0 Å². The molecule has 2 aromatic carbocycles. The van der Waals surface area contributed by atoms with E-state index in [1.165, 1.54) is 24.3 Å². The van der Waals surface area contributed by atoms with E-state index in [2.05, 4.69) is 0 Å². The fourth-order valence-electron chi connectivity index (χ4n) is 4.15. The molecule has 41 heavy (non-hydrogen) atoms. The number of rotatable bonds is 10. The minimum absolute atomic E-state index is 0.0651. The molecule has 5 unspecified atom stereocenters. The molecule has 0 saturated carbocycles. The van der Waals surface area contributed by atoms with E-state index in [4.69, 9.17) is 23.7 Å². The van der Waals surface area contributed by atoms with Crippen LogP contribution in [0.4, 0.5) is 0 Å². The van der Waals surface area contributed by atoms with E-state index in [1.807, 2.05) is 0 Å². The Morgan fingerprint density at radius 2 is 1.61 bits per heavy atom. The lowest BCUT2D eigenvalue weighted by Gasteiger charge is -2.38. The van der Waals surface area contributed by atoms with Gasteiger partial charge in [0.1, 0.15) is 23.9 Å². The number of carboxylic acid groups (broad SMARTS) is 2. The molecule has 1 aliphatic rings. The Hall–Kier alpha value is -4.50. The number of phenols is 1. The number of esters is 1. The minimum atomic E-state index is -1.94. The molecule has 0 aliphatic carbocycles. The summed E-state index contributed by atoms with van der Waals surface area (Å²) in [4.78, 5) is 47.7. The molecule has 1 fully saturated rings. The summed E-state index contributed by atoms with van der Waals surface area (Å²) in [5.41, 5.74) is -0.457. The van der Waals surface area contributed by atoms with Crippen molar-refractivity contribution >= 4 is 28.9 Å². The first-order valence-corrected chi connectivity index (χ1v) is 12.4. The van der Waals surface area contributed by atoms with E-state index < -0.39 is 65.5 Å². The van der Waals surface area contributed by atoms with Gasteiger partial charge in [-0.1, -0.05) is 12.1 Å². The highest BCUT2D eigenvalue weighted by Gasteiger charge is 2.48. The number of benzene rings is 2. The number of carbonyl (C=O) groups is 3. The van der Waals surface area contributed by atoms with Gasteiger partial charge in [0.25, 0.3) is 0 Å². The fourth-order valence-corrected chi connectivity index (χ4v) is 4.15. The first kappa shape index (κ1) is 29.5. The molecular formula is C27H26O14. The van der Waals surface area contributed by atoms with Gasteiger partial charge in [-0.05, 0) is 43.2 Å². The normalized spacial score (nSPS) is 22.3. The lowest BCUT2D eigenvalue weighted by atomic mass is 9.99. The maximum Gasteiger partial charge on any atom is 0.335 e. The lowest BCUT2D eigenvalue weighted by Crippen LogP contribution is -2.61. The number of hydrogen-bond donors (Lipinski definition) is 6. The number of para-hydroxylation sites is 1. The maximum absolute atomic E-state index is 13.2. The van der Waals surface area contributed by atoms with Gasteiger partial charge >= 0.3 is 17.9 Å². The second-order valence-corrected chi connectivity index (χ2v) is 9.20. The molecule has 1 aliphatic heterocycles. The van der Waals surface area contributed by atoms with Crippen LogP contribution >= 0.6 is 0 Å². The van der Waals surface area contributed by atoms with Crippen LogP contribution < -0.4 is 14.9 Å². The largest absolute Gasteiger partial charge is 0.504 e. The van der Waals surface area contributed by atoms with Crippen molar-refractivity contribution < 1.29 is 63.7 Å². The minimum Gasteiger partial charge on any atom is -0.504 e. The van der Waals surface area contributed by atoms with Crippen molar-refractivity contribution in [3.05, 3.63) is 52.7 Å². The number of carboxylic acids is 2. The van der Waals surface area contributed by atoms with Gasteiger partial charge in [-0.25, -0.2) is 4.79 Å². The van der Waals surface area contributed by atoms with Crippen LogP contribution in [-0.2, 0) is 19.1 Å². The number of hydrogen-bond acceptors (Lipinski definition) is 12. The highest BCUT2D eigenvalue weighted by atomic mass is 16.7. The highest BCUT2D eigenvalue weighted by Crippen LogP contribution is 2.37. The van der Waals surface area contributed by atoms with E-state index >= 15 is 0 Å². The molecule has 5 atom stereocenters. The van der Waals surface area contributed by atoms with E-state index in [-0.39, 0.29) is 53.7 Å². The SMILES string of the molecule is O=C(O)CCCCC(=O)Oc1c(-c2ccc(OC3OC(C(=O)O)C(O)C(O)C3O)c(O)c2)oc2ccccc2c1=O. The molecule has 0 radical (unpaired) electrons. The predicted molar refractivity (Wildman–Crippen MR) is 136 cm³/mol. The van der Waals surface area contributed by atoms with Gasteiger partial charge < -0.3 is 49.3 Å². The Balaban J connectivity index is 1.63. The number of aliphatic carboxylic acids is 2. The van der Waals surface area contributed by atoms with Gasteiger partial charge in [0.15, 0.2) is 23.4 Å². The van der Waals surface area contributed by atoms with Crippen LogP contribution in [0.15, 0.2) is 51.7 Å². The standard InChI is InChI=1S/C27H26O14/c28-14-11-12(9-10-16(14)39-27-22(35)20(33)21(34)25(41-27)26(36)37)23-24(40-18(31)8-4-3-7-17(29)30)19(32)13-5-1-2-6-15(13)38-23/h1-2,5-6,9-11,20-22,25,27-28,33-35H,3-4,7-8H2,(H,29,30)(H,36,37). The van der Waals surface area contributed by atoms with Crippen molar-refractivity contribution in [1.82, 2.24) is 0 Å². The summed E-state index contributed by atoms with van der Waals surface area (Å²) in [6, 6.07) is 9.73. The predicted octanol–water partition coefficient (Wildman–Crippen LogP) is 0.987. The zero-order valence-corrected chi connectivity index (χ0v) is 21.2. The summed E-state index contributed by atoms with van der Waals surface area (Å²) in [5.74, 6) is -5.03. The van der Waals surface area contributed by atoms with Gasteiger partial charge in [-0.3, -0.25) is 14.4 Å². The van der Waals surface area contributed by atoms with Crippen LogP contribution in [0.1, 0.15) is 25.7 Å². The highest BCUT2D eigenvalue weighted by molar-refractivity contribution is 5.84. The average Bonchev–Trinajstić information content (AvgIpc) is 2.93. The Kier molecular flexibility index (Phi) is 8.88. The Morgan fingerprint density at radius 1 is 0.902 bits per heavy atom. The zero-order valence-electron chi connectivity index (χ0n) is 21.2. The number of unbranched alkanes of at least 4 members (excludes halogenated alkanes) is 1. The molecule has 1 aromatic heterocycles. The smallest absolute Gasteiger partial charge is 0.335 e. The van der Waals surface area contributed by atoms with Crippen molar-refractivity contribution in [3.63, 3.8) is 0 Å². The van der Waals surface area contributed by atoms with Crippen LogP contribution in [0.25, 0.3) is 22.3 Å². The number of aromatic hydroxyl groups is 1. The Labute approximate surface area is 230 Å². The van der Waals surface area contributed by atoms with Gasteiger partial charge in [0.2, 0.25) is 17.5 Å². The van der Waals surface area contributed by atoms with Crippen molar-refractivity contribution in [1.29, 1.82) is 0 Å². The second-order valence-electron chi connectivity index (χ2n) is 9.20. The fraction of sp³-hybridized carbons (Fsp3) is 0.333. The molecule has 0 spiro atoms. The molecule has 2 heterocycles. The number of phenolic OH excluding ortho intramolecular Hbond substituents is 1. The van der Waals surface area contributed by atoms with Crippen LogP contribution in [0.2, 0.25) is 0 Å². The van der Waals surface area contributed by atoms with Crippen LogP contribution in [-0.4, -0.2) is 79.3 Å². The summed E-state index contributed by atoms with van der Waals surface area (Å²) in [6.45, 7) is 0.